The fourth-order valence-corrected chi connectivity index (χ4v) is 2.97. The van der Waals surface area contributed by atoms with Crippen molar-refractivity contribution in [3.63, 3.8) is 0 Å². The molecule has 1 aliphatic rings. The Morgan fingerprint density at radius 2 is 2.08 bits per heavy atom. The number of carbonyl (C=O) groups excluding carboxylic acids is 1. The van der Waals surface area contributed by atoms with Gasteiger partial charge < -0.3 is 15.4 Å². The third kappa shape index (κ3) is 3.59. The van der Waals surface area contributed by atoms with E-state index < -0.39 is 0 Å². The Hall–Kier alpha value is -3.15. The molecule has 2 N–H and O–H groups in total. The lowest BCUT2D eigenvalue weighted by atomic mass is 9.88. The van der Waals surface area contributed by atoms with Crippen molar-refractivity contribution in [1.82, 2.24) is 9.97 Å². The Kier molecular flexibility index (Phi) is 5.02. The first-order valence-electron chi connectivity index (χ1n) is 8.40. The predicted molar refractivity (Wildman–Crippen MR) is 103 cm³/mol. The number of hydrogen-bond donors (Lipinski definition) is 2. The van der Waals surface area contributed by atoms with Crippen LogP contribution in [0.25, 0.3) is 0 Å². The summed E-state index contributed by atoms with van der Waals surface area (Å²) in [5.41, 5.74) is 3.63. The van der Waals surface area contributed by atoms with Gasteiger partial charge >= 0.3 is 0 Å². The first-order chi connectivity index (χ1) is 12.5. The number of allylic oxidation sites excluding steroid dienone is 2. The Morgan fingerprint density at radius 3 is 2.73 bits per heavy atom. The molecule has 6 nitrogen and oxygen atoms in total. The normalized spacial score (nSPS) is 16.5. The highest BCUT2D eigenvalue weighted by molar-refractivity contribution is 5.96. The second kappa shape index (κ2) is 7.39. The van der Waals surface area contributed by atoms with Crippen LogP contribution in [0.2, 0.25) is 0 Å². The molecule has 0 fully saturated rings. The zero-order valence-electron chi connectivity index (χ0n) is 15.2. The summed E-state index contributed by atoms with van der Waals surface area (Å²) in [5.74, 6) is 1.52. The average molecular weight is 350 g/mol. The van der Waals surface area contributed by atoms with Crippen LogP contribution in [-0.4, -0.2) is 23.0 Å². The van der Waals surface area contributed by atoms with Crippen molar-refractivity contribution >= 4 is 23.4 Å². The molecule has 2 aromatic rings. The molecule has 1 aromatic carbocycles. The van der Waals surface area contributed by atoms with Gasteiger partial charge in [0.2, 0.25) is 11.9 Å². The monoisotopic (exact) mass is 350 g/mol. The number of benzene rings is 1. The van der Waals surface area contributed by atoms with E-state index in [4.69, 9.17) is 4.74 Å². The molecule has 134 valence electrons. The van der Waals surface area contributed by atoms with E-state index in [0.29, 0.717) is 18.2 Å². The van der Waals surface area contributed by atoms with Crippen LogP contribution in [0, 0.1) is 12.8 Å². The lowest BCUT2D eigenvalue weighted by Gasteiger charge is -2.25. The second-order valence-corrected chi connectivity index (χ2v) is 6.21. The standard InChI is InChI=1S/C20H22N4O2/c1-5-6-12(2)16-11-17-13(3)21-20(24-18(17)23-19(16)25)22-14-7-9-15(26-4)10-8-14/h5-10,16H,1,11H2,2-4H3,(H2,21,22,23,24,25)/b12-6+. The number of nitrogens with zero attached hydrogens (tertiary/aromatic N) is 2. The number of aromatic nitrogens is 2. The van der Waals surface area contributed by atoms with Crippen molar-refractivity contribution in [1.29, 1.82) is 0 Å². The van der Waals surface area contributed by atoms with Crippen LogP contribution in [0.15, 0.2) is 48.6 Å². The zero-order chi connectivity index (χ0) is 18.7. The predicted octanol–water partition coefficient (Wildman–Crippen LogP) is 3.78. The summed E-state index contributed by atoms with van der Waals surface area (Å²) in [6.45, 7) is 7.56. The van der Waals surface area contributed by atoms with Crippen molar-refractivity contribution < 1.29 is 9.53 Å². The van der Waals surface area contributed by atoms with E-state index in [1.54, 1.807) is 13.2 Å². The molecule has 0 radical (unpaired) electrons. The molecule has 3 rings (SSSR count). The lowest BCUT2D eigenvalue weighted by molar-refractivity contribution is -0.119. The number of ether oxygens (including phenoxy) is 1. The summed E-state index contributed by atoms with van der Waals surface area (Å²) in [6.07, 6.45) is 4.15. The van der Waals surface area contributed by atoms with Gasteiger partial charge in [0, 0.05) is 16.9 Å². The minimum Gasteiger partial charge on any atom is -0.497 e. The maximum absolute atomic E-state index is 12.4. The molecule has 0 saturated carbocycles. The molecule has 6 heteroatoms. The number of hydrogen-bond acceptors (Lipinski definition) is 5. The summed E-state index contributed by atoms with van der Waals surface area (Å²) < 4.78 is 5.15. The van der Waals surface area contributed by atoms with E-state index in [2.05, 4.69) is 27.2 Å². The first kappa shape index (κ1) is 17.7. The van der Waals surface area contributed by atoms with Gasteiger partial charge in [0.1, 0.15) is 11.6 Å². The quantitative estimate of drug-likeness (QED) is 0.803. The van der Waals surface area contributed by atoms with Crippen molar-refractivity contribution in [2.45, 2.75) is 20.3 Å². The van der Waals surface area contributed by atoms with Gasteiger partial charge in [0.25, 0.3) is 0 Å². The number of rotatable bonds is 5. The molecular formula is C20H22N4O2. The van der Waals surface area contributed by atoms with Gasteiger partial charge in [-0.2, -0.15) is 4.98 Å². The highest BCUT2D eigenvalue weighted by Gasteiger charge is 2.30. The van der Waals surface area contributed by atoms with Crippen molar-refractivity contribution in [2.24, 2.45) is 5.92 Å². The number of methoxy groups -OCH3 is 1. The number of carbonyl (C=O) groups is 1. The molecule has 1 amide bonds. The zero-order valence-corrected chi connectivity index (χ0v) is 15.2. The first-order valence-corrected chi connectivity index (χ1v) is 8.40. The van der Waals surface area contributed by atoms with Gasteiger partial charge in [-0.15, -0.1) is 0 Å². The Balaban J connectivity index is 1.86. The third-order valence-electron chi connectivity index (χ3n) is 4.46. The van der Waals surface area contributed by atoms with Crippen LogP contribution in [0.3, 0.4) is 0 Å². The minimum atomic E-state index is -0.219. The molecule has 26 heavy (non-hydrogen) atoms. The van der Waals surface area contributed by atoms with Crippen LogP contribution >= 0.6 is 0 Å². The summed E-state index contributed by atoms with van der Waals surface area (Å²) in [4.78, 5) is 21.5. The van der Waals surface area contributed by atoms with Gasteiger partial charge in [0.05, 0.1) is 13.0 Å². The van der Waals surface area contributed by atoms with Crippen molar-refractivity contribution in [2.75, 3.05) is 17.7 Å². The maximum Gasteiger partial charge on any atom is 0.233 e. The van der Waals surface area contributed by atoms with Gasteiger partial charge in [0.15, 0.2) is 0 Å². The molecule has 1 unspecified atom stereocenters. The van der Waals surface area contributed by atoms with Crippen molar-refractivity contribution in [3.05, 3.63) is 59.8 Å². The summed E-state index contributed by atoms with van der Waals surface area (Å²) in [6, 6.07) is 7.48. The smallest absolute Gasteiger partial charge is 0.233 e. The highest BCUT2D eigenvalue weighted by Crippen LogP contribution is 2.31. The SMILES string of the molecule is C=C/C=C(\C)C1Cc2c(C)nc(Nc3ccc(OC)cc3)nc2NC1=O. The van der Waals surface area contributed by atoms with E-state index in [0.717, 1.165) is 28.3 Å². The van der Waals surface area contributed by atoms with Gasteiger partial charge in [-0.25, -0.2) is 4.98 Å². The average Bonchev–Trinajstić information content (AvgIpc) is 2.62. The number of anilines is 3. The Bertz CT molecular complexity index is 872. The Morgan fingerprint density at radius 1 is 1.35 bits per heavy atom. The molecule has 1 aromatic heterocycles. The molecule has 0 spiro atoms. The minimum absolute atomic E-state index is 0.0541. The number of fused-ring (bicyclic) bond motifs is 1. The fourth-order valence-electron chi connectivity index (χ4n) is 2.97. The number of amides is 1. The molecular weight excluding hydrogens is 328 g/mol. The highest BCUT2D eigenvalue weighted by atomic mass is 16.5. The second-order valence-electron chi connectivity index (χ2n) is 6.21. The van der Waals surface area contributed by atoms with Crippen LogP contribution in [0.4, 0.5) is 17.5 Å². The van der Waals surface area contributed by atoms with Gasteiger partial charge in [-0.1, -0.05) is 24.3 Å². The summed E-state index contributed by atoms with van der Waals surface area (Å²) in [7, 11) is 1.63. The topological polar surface area (TPSA) is 76.1 Å². The van der Waals surface area contributed by atoms with Crippen LogP contribution in [0.5, 0.6) is 5.75 Å². The largest absolute Gasteiger partial charge is 0.497 e. The number of aryl methyl sites for hydroxylation is 1. The number of nitrogens with one attached hydrogen (secondary N) is 2. The molecule has 0 aliphatic carbocycles. The van der Waals surface area contributed by atoms with E-state index in [9.17, 15) is 4.79 Å². The summed E-state index contributed by atoms with van der Waals surface area (Å²) in [5, 5.41) is 6.07. The van der Waals surface area contributed by atoms with E-state index >= 15 is 0 Å². The fraction of sp³-hybridized carbons (Fsp3) is 0.250. The van der Waals surface area contributed by atoms with Crippen molar-refractivity contribution in [3.8, 4) is 5.75 Å². The maximum atomic E-state index is 12.4. The molecule has 1 aliphatic heterocycles. The van der Waals surface area contributed by atoms with Crippen LogP contribution in [0.1, 0.15) is 18.2 Å². The van der Waals surface area contributed by atoms with Gasteiger partial charge in [-0.3, -0.25) is 4.79 Å². The lowest BCUT2D eigenvalue weighted by Crippen LogP contribution is -2.32. The molecule has 2 heterocycles. The van der Waals surface area contributed by atoms with E-state index in [-0.39, 0.29) is 11.8 Å². The third-order valence-corrected chi connectivity index (χ3v) is 4.46. The molecule has 1 atom stereocenters. The van der Waals surface area contributed by atoms with Crippen LogP contribution < -0.4 is 15.4 Å². The van der Waals surface area contributed by atoms with Crippen LogP contribution in [-0.2, 0) is 11.2 Å². The molecule has 0 saturated heterocycles. The summed E-state index contributed by atoms with van der Waals surface area (Å²) >= 11 is 0. The Labute approximate surface area is 153 Å². The van der Waals surface area contributed by atoms with Gasteiger partial charge in [-0.05, 0) is 44.5 Å². The van der Waals surface area contributed by atoms with E-state index in [1.807, 2.05) is 44.2 Å². The molecule has 0 bridgehead atoms. The van der Waals surface area contributed by atoms with E-state index in [1.165, 1.54) is 0 Å².